The van der Waals surface area contributed by atoms with Gasteiger partial charge < -0.3 is 0 Å². The van der Waals surface area contributed by atoms with Gasteiger partial charge in [0.25, 0.3) is 0 Å². The van der Waals surface area contributed by atoms with Crippen LogP contribution in [0.5, 0.6) is 0 Å². The largest absolute Gasteiger partial charge is 0.294 e. The summed E-state index contributed by atoms with van der Waals surface area (Å²) >= 11 is 2.22. The second-order valence-electron chi connectivity index (χ2n) is 4.24. The molecule has 1 nitrogen and oxygen atoms in total. The van der Waals surface area contributed by atoms with Crippen LogP contribution in [0.4, 0.5) is 4.39 Å². The minimum atomic E-state index is -0.360. The number of ketones is 1. The molecule has 0 aliphatic heterocycles. The fourth-order valence-corrected chi connectivity index (χ4v) is 2.15. The van der Waals surface area contributed by atoms with Gasteiger partial charge in [0.1, 0.15) is 5.82 Å². The van der Waals surface area contributed by atoms with Gasteiger partial charge in [-0.05, 0) is 71.0 Å². The van der Waals surface area contributed by atoms with Crippen molar-refractivity contribution in [3.63, 3.8) is 0 Å². The molecule has 0 aromatic heterocycles. The van der Waals surface area contributed by atoms with Crippen LogP contribution < -0.4 is 0 Å². The number of halogens is 2. The molecule has 0 saturated carbocycles. The van der Waals surface area contributed by atoms with Crippen molar-refractivity contribution >= 4 is 28.4 Å². The van der Waals surface area contributed by atoms with E-state index in [2.05, 4.69) is 22.6 Å². The summed E-state index contributed by atoms with van der Waals surface area (Å²) in [4.78, 5) is 12.0. The lowest BCUT2D eigenvalue weighted by atomic mass is 10.0. The molecule has 0 bridgehead atoms. The minimum absolute atomic E-state index is 0.0567. The van der Waals surface area contributed by atoms with E-state index in [-0.39, 0.29) is 11.6 Å². The first-order valence-corrected chi connectivity index (χ1v) is 6.67. The van der Waals surface area contributed by atoms with E-state index in [9.17, 15) is 9.18 Å². The molecule has 18 heavy (non-hydrogen) atoms. The number of carbonyl (C=O) groups excluding carboxylic acids is 1. The normalized spacial score (nSPS) is 10.4. The molecule has 0 N–H and O–H groups in total. The van der Waals surface area contributed by atoms with Crippen molar-refractivity contribution in [2.45, 2.75) is 13.3 Å². The topological polar surface area (TPSA) is 17.1 Å². The summed E-state index contributed by atoms with van der Waals surface area (Å²) in [5.74, 6) is -0.417. The van der Waals surface area contributed by atoms with E-state index < -0.39 is 0 Å². The van der Waals surface area contributed by atoms with E-state index >= 15 is 0 Å². The molecule has 0 fully saturated rings. The molecule has 0 saturated heterocycles. The second-order valence-corrected chi connectivity index (χ2v) is 5.49. The van der Waals surface area contributed by atoms with Gasteiger partial charge in [0, 0.05) is 15.6 Å². The fourth-order valence-electron chi connectivity index (χ4n) is 1.79. The Bertz CT molecular complexity index is 555. The fraction of sp³-hybridized carbons (Fsp3) is 0.133. The number of Topliss-reactive ketones (excluding diaryl/α,β-unsaturated/α-hetero) is 1. The smallest absolute Gasteiger partial charge is 0.167 e. The zero-order valence-electron chi connectivity index (χ0n) is 9.91. The van der Waals surface area contributed by atoms with Crippen LogP contribution in [0.3, 0.4) is 0 Å². The number of carbonyl (C=O) groups is 1. The van der Waals surface area contributed by atoms with Crippen LogP contribution >= 0.6 is 22.6 Å². The highest BCUT2D eigenvalue weighted by molar-refractivity contribution is 14.1. The number of aryl methyl sites for hydroxylation is 1. The zero-order valence-corrected chi connectivity index (χ0v) is 12.1. The summed E-state index contributed by atoms with van der Waals surface area (Å²) in [6.07, 6.45) is 0.305. The van der Waals surface area contributed by atoms with Crippen molar-refractivity contribution in [1.82, 2.24) is 0 Å². The lowest BCUT2D eigenvalue weighted by Crippen LogP contribution is -2.04. The van der Waals surface area contributed by atoms with Gasteiger partial charge in [-0.25, -0.2) is 4.39 Å². The Labute approximate surface area is 119 Å². The van der Waals surface area contributed by atoms with Crippen LogP contribution in [0.25, 0.3) is 0 Å². The van der Waals surface area contributed by atoms with Crippen LogP contribution in [0.1, 0.15) is 21.5 Å². The first kappa shape index (κ1) is 13.2. The summed E-state index contributed by atoms with van der Waals surface area (Å²) in [6.45, 7) is 1.78. The highest BCUT2D eigenvalue weighted by atomic mass is 127. The summed E-state index contributed by atoms with van der Waals surface area (Å²) in [5.41, 5.74) is 2.15. The molecule has 92 valence electrons. The van der Waals surface area contributed by atoms with E-state index in [1.165, 1.54) is 12.1 Å². The highest BCUT2D eigenvalue weighted by Gasteiger charge is 2.09. The zero-order chi connectivity index (χ0) is 13.1. The summed E-state index contributed by atoms with van der Waals surface area (Å²) in [7, 11) is 0. The van der Waals surface area contributed by atoms with Crippen LogP contribution in [-0.4, -0.2) is 5.78 Å². The molecule has 0 spiro atoms. The average Bonchev–Trinajstić information content (AvgIpc) is 2.31. The molecule has 3 heteroatoms. The summed E-state index contributed by atoms with van der Waals surface area (Å²) in [5, 5.41) is 0. The Morgan fingerprint density at radius 3 is 2.44 bits per heavy atom. The van der Waals surface area contributed by atoms with E-state index in [0.717, 1.165) is 14.7 Å². The average molecular weight is 354 g/mol. The van der Waals surface area contributed by atoms with E-state index in [4.69, 9.17) is 0 Å². The Hall–Kier alpha value is -1.23. The van der Waals surface area contributed by atoms with Gasteiger partial charge in [0.05, 0.1) is 0 Å². The molecule has 0 amide bonds. The monoisotopic (exact) mass is 354 g/mol. The van der Waals surface area contributed by atoms with Gasteiger partial charge in [0.15, 0.2) is 5.78 Å². The Morgan fingerprint density at radius 2 is 1.83 bits per heavy atom. The summed E-state index contributed by atoms with van der Waals surface area (Å²) < 4.78 is 14.4. The third kappa shape index (κ3) is 3.38. The van der Waals surface area contributed by atoms with E-state index in [1.807, 2.05) is 24.3 Å². The molecular formula is C15H12FIO. The molecule has 0 radical (unpaired) electrons. The van der Waals surface area contributed by atoms with Gasteiger partial charge in [-0.3, -0.25) is 4.79 Å². The third-order valence-electron chi connectivity index (χ3n) is 2.64. The predicted molar refractivity (Wildman–Crippen MR) is 78.3 cm³/mol. The van der Waals surface area contributed by atoms with Crippen LogP contribution in [-0.2, 0) is 6.42 Å². The van der Waals surface area contributed by atoms with Gasteiger partial charge in [-0.15, -0.1) is 0 Å². The van der Waals surface area contributed by atoms with Crippen LogP contribution in [0.15, 0.2) is 42.5 Å². The third-order valence-corrected chi connectivity index (χ3v) is 3.36. The molecule has 0 aliphatic carbocycles. The lowest BCUT2D eigenvalue weighted by molar-refractivity contribution is 0.0992. The maximum Gasteiger partial charge on any atom is 0.167 e. The van der Waals surface area contributed by atoms with Crippen molar-refractivity contribution in [1.29, 1.82) is 0 Å². The molecule has 0 heterocycles. The molecule has 2 aromatic carbocycles. The molecule has 2 aromatic rings. The molecule has 0 atom stereocenters. The number of benzene rings is 2. The molecule has 2 rings (SSSR count). The highest BCUT2D eigenvalue weighted by Crippen LogP contribution is 2.13. The number of hydrogen-bond donors (Lipinski definition) is 0. The second kappa shape index (κ2) is 5.61. The van der Waals surface area contributed by atoms with Gasteiger partial charge >= 0.3 is 0 Å². The van der Waals surface area contributed by atoms with E-state index in [0.29, 0.717) is 12.0 Å². The standard InChI is InChI=1S/C15H12FIO/c1-10-6-12(9-13(16)7-10)15(18)8-11-2-4-14(17)5-3-11/h2-7,9H,8H2,1H3. The van der Waals surface area contributed by atoms with Crippen molar-refractivity contribution in [3.05, 3.63) is 68.5 Å². The predicted octanol–water partition coefficient (Wildman–Crippen LogP) is 4.16. The SMILES string of the molecule is Cc1cc(F)cc(C(=O)Cc2ccc(I)cc2)c1. The molecular weight excluding hydrogens is 342 g/mol. The van der Waals surface area contributed by atoms with Crippen molar-refractivity contribution < 1.29 is 9.18 Å². The first-order valence-electron chi connectivity index (χ1n) is 5.59. The lowest BCUT2D eigenvalue weighted by Gasteiger charge is -2.03. The Balaban J connectivity index is 2.19. The Kier molecular flexibility index (Phi) is 4.11. The van der Waals surface area contributed by atoms with Crippen molar-refractivity contribution in [2.24, 2.45) is 0 Å². The first-order chi connectivity index (χ1) is 8.54. The number of rotatable bonds is 3. The van der Waals surface area contributed by atoms with Crippen LogP contribution in [0, 0.1) is 16.3 Å². The molecule has 0 unspecified atom stereocenters. The maximum atomic E-state index is 13.2. The quantitative estimate of drug-likeness (QED) is 0.598. The summed E-state index contributed by atoms with van der Waals surface area (Å²) in [6, 6.07) is 12.2. The minimum Gasteiger partial charge on any atom is -0.294 e. The van der Waals surface area contributed by atoms with E-state index in [1.54, 1.807) is 13.0 Å². The van der Waals surface area contributed by atoms with Crippen molar-refractivity contribution in [3.8, 4) is 0 Å². The Morgan fingerprint density at radius 1 is 1.17 bits per heavy atom. The number of hydrogen-bond acceptors (Lipinski definition) is 1. The van der Waals surface area contributed by atoms with Crippen LogP contribution in [0.2, 0.25) is 0 Å². The maximum absolute atomic E-state index is 13.2. The van der Waals surface area contributed by atoms with Gasteiger partial charge in [0.2, 0.25) is 0 Å². The van der Waals surface area contributed by atoms with Gasteiger partial charge in [-0.1, -0.05) is 12.1 Å². The van der Waals surface area contributed by atoms with Crippen molar-refractivity contribution in [2.75, 3.05) is 0 Å². The molecule has 0 aliphatic rings. The van der Waals surface area contributed by atoms with Gasteiger partial charge in [-0.2, -0.15) is 0 Å².